The van der Waals surface area contributed by atoms with Crippen molar-refractivity contribution in [2.24, 2.45) is 35.5 Å². The summed E-state index contributed by atoms with van der Waals surface area (Å²) in [6, 6.07) is 1.43. The number of anilines is 1. The molecule has 0 radical (unpaired) electrons. The monoisotopic (exact) mass is 1110 g/mol. The molecule has 2 aromatic heterocycles. The number of pyridine rings is 2. The zero-order valence-corrected chi connectivity index (χ0v) is 46.8. The molecule has 0 spiro atoms. The molecule has 1 amide bonds. The van der Waals surface area contributed by atoms with Crippen LogP contribution in [-0.4, -0.2) is 128 Å². The Morgan fingerprint density at radius 3 is 2.14 bits per heavy atom. The molecule has 2 aliphatic carbocycles. The number of carboxylic acids is 1. The van der Waals surface area contributed by atoms with Gasteiger partial charge in [-0.25, -0.2) is 9.18 Å². The van der Waals surface area contributed by atoms with E-state index in [1.807, 2.05) is 4.90 Å². The second kappa shape index (κ2) is 22.1. The number of hydrogen-bond donors (Lipinski definition) is 5. The number of amides is 1. The van der Waals surface area contributed by atoms with Gasteiger partial charge in [0.25, 0.3) is 17.2 Å². The summed E-state index contributed by atoms with van der Waals surface area (Å²) < 4.78 is 41.2. The van der Waals surface area contributed by atoms with Gasteiger partial charge in [0.1, 0.15) is 34.6 Å². The summed E-state index contributed by atoms with van der Waals surface area (Å²) in [5, 5.41) is 47.5. The topological polar surface area (TPSA) is 260 Å². The van der Waals surface area contributed by atoms with Crippen molar-refractivity contribution in [1.82, 2.24) is 14.6 Å². The van der Waals surface area contributed by atoms with Crippen molar-refractivity contribution in [3.05, 3.63) is 115 Å². The lowest BCUT2D eigenvalue weighted by Crippen LogP contribution is -2.46. The Morgan fingerprint density at radius 1 is 0.838 bits per heavy atom. The van der Waals surface area contributed by atoms with E-state index in [4.69, 9.17) is 18.9 Å². The summed E-state index contributed by atoms with van der Waals surface area (Å²) in [4.78, 5) is 101. The van der Waals surface area contributed by atoms with E-state index in [1.54, 1.807) is 51.7 Å². The third-order valence-corrected chi connectivity index (χ3v) is 17.7. The summed E-state index contributed by atoms with van der Waals surface area (Å²) >= 11 is 0. The highest BCUT2D eigenvalue weighted by atomic mass is 19.1. The maximum absolute atomic E-state index is 16.3. The van der Waals surface area contributed by atoms with Gasteiger partial charge in [0.05, 0.1) is 58.7 Å². The van der Waals surface area contributed by atoms with Crippen LogP contribution in [0.4, 0.5) is 10.1 Å². The Balaban J connectivity index is 1.05. The summed E-state index contributed by atoms with van der Waals surface area (Å²) in [6.45, 7) is 15.5. The van der Waals surface area contributed by atoms with Gasteiger partial charge < -0.3 is 54.5 Å². The molecule has 10 atom stereocenters. The molecule has 5 bridgehead atoms. The van der Waals surface area contributed by atoms with Crippen molar-refractivity contribution in [3.8, 4) is 11.5 Å². The Labute approximate surface area is 462 Å². The molecule has 3 fully saturated rings. The number of aromatic carboxylic acids is 1. The Hall–Kier alpha value is -7.16. The van der Waals surface area contributed by atoms with E-state index >= 15 is 14.0 Å². The lowest BCUT2D eigenvalue weighted by molar-refractivity contribution is -0.160. The number of allylic oxidation sites excluding steroid dienone is 4. The molecule has 80 heavy (non-hydrogen) atoms. The molecule has 1 unspecified atom stereocenters. The van der Waals surface area contributed by atoms with Gasteiger partial charge in [0.15, 0.2) is 5.82 Å². The van der Waals surface area contributed by atoms with Crippen LogP contribution in [0.15, 0.2) is 64.6 Å². The smallest absolute Gasteiger partial charge is 0.341 e. The lowest BCUT2D eigenvalue weighted by atomic mass is 9.78. The molecule has 7 heterocycles. The van der Waals surface area contributed by atoms with Crippen molar-refractivity contribution >= 4 is 46.4 Å². The van der Waals surface area contributed by atoms with Crippen molar-refractivity contribution in [2.45, 2.75) is 131 Å². The fraction of sp³-hybridized carbons (Fsp3) is 0.517. The van der Waals surface area contributed by atoms with Crippen molar-refractivity contribution in [1.29, 1.82) is 0 Å². The average molecular weight is 1110 g/mol. The number of halogens is 1. The Kier molecular flexibility index (Phi) is 15.9. The lowest BCUT2D eigenvalue weighted by Gasteiger charge is -2.39. The largest absolute Gasteiger partial charge is 0.507 e. The number of carbonyl (C=O) groups excluding carboxylic acids is 5. The van der Waals surface area contributed by atoms with Crippen LogP contribution in [-0.2, 0) is 23.8 Å². The predicted octanol–water partition coefficient (Wildman–Crippen LogP) is 6.83. The fourth-order valence-corrected chi connectivity index (χ4v) is 12.8. The normalized spacial score (nSPS) is 30.5. The van der Waals surface area contributed by atoms with Gasteiger partial charge in [-0.05, 0) is 93.9 Å². The number of piperidine rings is 1. The highest BCUT2D eigenvalue weighted by Gasteiger charge is 2.53. The van der Waals surface area contributed by atoms with E-state index in [2.05, 4.69) is 5.32 Å². The average Bonchev–Trinajstić information content (AvgIpc) is 4.21. The van der Waals surface area contributed by atoms with Crippen LogP contribution in [0.3, 0.4) is 0 Å². The maximum Gasteiger partial charge on any atom is 0.341 e. The number of phenols is 1. The molecule has 3 aromatic rings. The Bertz CT molecular complexity index is 3290. The number of aliphatic hydroxyl groups is 2. The molecule has 1 saturated carbocycles. The summed E-state index contributed by atoms with van der Waals surface area (Å²) in [5.41, 5.74) is -0.809. The van der Waals surface area contributed by atoms with Gasteiger partial charge in [-0.2, -0.15) is 0 Å². The second-order valence-corrected chi connectivity index (χ2v) is 22.9. The number of esters is 1. The van der Waals surface area contributed by atoms with E-state index in [9.17, 15) is 44.4 Å². The first-order valence-corrected chi connectivity index (χ1v) is 27.5. The molecular formula is C60H71FN4O15. The van der Waals surface area contributed by atoms with E-state index in [0.29, 0.717) is 54.7 Å². The number of carboxylic acid groups (broad SMARTS) is 1. The van der Waals surface area contributed by atoms with E-state index in [-0.39, 0.29) is 59.0 Å². The number of likely N-dealkylation sites (tertiary alicyclic amines) is 1. The molecule has 20 heteroatoms. The third kappa shape index (κ3) is 10.1. The molecule has 19 nitrogen and oxygen atoms in total. The first-order valence-electron chi connectivity index (χ1n) is 27.5. The number of methoxy groups -OCH3 is 1. The molecule has 10 rings (SSSR count). The molecule has 2 saturated heterocycles. The van der Waals surface area contributed by atoms with Gasteiger partial charge in [0, 0.05) is 81.9 Å². The molecule has 5 N–H and O–H groups in total. The number of aliphatic hydroxyl groups excluding tert-OH is 2. The number of aromatic nitrogens is 1. The zero-order chi connectivity index (χ0) is 58.1. The van der Waals surface area contributed by atoms with Gasteiger partial charge in [0.2, 0.25) is 11.6 Å². The van der Waals surface area contributed by atoms with E-state index in [0.717, 1.165) is 23.4 Å². The van der Waals surface area contributed by atoms with Crippen molar-refractivity contribution < 1.29 is 72.5 Å². The van der Waals surface area contributed by atoms with Gasteiger partial charge >= 0.3 is 17.7 Å². The minimum absolute atomic E-state index is 0.0362. The minimum Gasteiger partial charge on any atom is -0.507 e. The maximum atomic E-state index is 16.3. The Morgan fingerprint density at radius 2 is 1.50 bits per heavy atom. The SMILES string of the molecule is CO[C@H]1/C=C/O[C@@]2(C)Oc3c(C)c(O)c4c(c3C2=O)C(=O)C(N2CCC(C3CCN(c5c(F)cn6c(=O)c(C(=O)O)cc(C7CC7)c6c5C)C3)CC2)=C(NC(=O)/C(C)=C\C=C\[C@H](C)[C@H](O)[C@@H](C)[C@@H](O)[C@@H](C)[C@H](OC(C)=O)[C@@H]1C)C4=O. The summed E-state index contributed by atoms with van der Waals surface area (Å²) in [5.74, 6) is -11.4. The van der Waals surface area contributed by atoms with Gasteiger partial charge in [-0.3, -0.25) is 33.2 Å². The number of phenolic OH excluding ortho intramolecular Hbond substituents is 1. The first-order chi connectivity index (χ1) is 37.8. The highest BCUT2D eigenvalue weighted by Crippen LogP contribution is 2.50. The molecule has 5 aliphatic heterocycles. The predicted molar refractivity (Wildman–Crippen MR) is 290 cm³/mol. The van der Waals surface area contributed by atoms with E-state index < -0.39 is 129 Å². The van der Waals surface area contributed by atoms with Crippen LogP contribution < -0.4 is 20.5 Å². The second-order valence-electron chi connectivity index (χ2n) is 22.9. The number of fused-ring (bicyclic) bond motifs is 15. The number of aromatic hydroxyl groups is 1. The number of Topliss-reactive ketones (excluding diaryl/α,β-unsaturated/α-hetero) is 3. The summed E-state index contributed by atoms with van der Waals surface area (Å²) in [7, 11) is 1.42. The van der Waals surface area contributed by atoms with Crippen LogP contribution in [0.25, 0.3) is 5.52 Å². The molecule has 7 aliphatic rings. The van der Waals surface area contributed by atoms with Crippen LogP contribution in [0.1, 0.15) is 145 Å². The number of aryl methyl sites for hydroxylation is 1. The van der Waals surface area contributed by atoms with Crippen LogP contribution in [0.2, 0.25) is 0 Å². The molecule has 428 valence electrons. The van der Waals surface area contributed by atoms with E-state index in [1.165, 1.54) is 59.3 Å². The highest BCUT2D eigenvalue weighted by molar-refractivity contribution is 6.32. The van der Waals surface area contributed by atoms with Crippen molar-refractivity contribution in [3.63, 3.8) is 0 Å². The fourth-order valence-electron chi connectivity index (χ4n) is 12.8. The van der Waals surface area contributed by atoms with Crippen LogP contribution in [0, 0.1) is 55.2 Å². The van der Waals surface area contributed by atoms with Gasteiger partial charge in [-0.1, -0.05) is 45.9 Å². The third-order valence-electron chi connectivity index (χ3n) is 17.7. The molecule has 1 aromatic carbocycles. The number of nitrogens with zero attached hydrogens (tertiary/aromatic N) is 3. The number of ketones is 3. The van der Waals surface area contributed by atoms with Crippen LogP contribution in [0.5, 0.6) is 11.5 Å². The standard InChI is InChI=1S/C60H71FN4O15/c1-27-12-11-13-28(2)57(73)62-45-48(63-20-16-35(17-21-63)37-18-22-64(25-37)47-30(4)46-38(36-14-15-36)24-39(59(75)76)58(74)65(46)26-40(47)61)53(71)42-43(52(45)70)51(69)33(7)55-44(42)56(72)60(9,80-55)78-23-19-41(77-10)29(3)54(79-34(8)66)32(6)50(68)31(5)49(27)67/h11-13,19,23-24,26-27,29,31-32,35-37,41,49-50,54,67-69H,14-18,20-22,25H2,1-10H3,(H,62,73)(H,75,76)/b12-11+,23-19+,28-13-/t27-,29+,31+,32+,37?,41-,49-,50+,54+,60-/m0/s1. The number of rotatable bonds is 7. The van der Waals surface area contributed by atoms with Crippen molar-refractivity contribution in [2.75, 3.05) is 38.2 Å². The number of carbonyl (C=O) groups is 6. The number of hydrogen-bond acceptors (Lipinski definition) is 16. The van der Waals surface area contributed by atoms with Gasteiger partial charge in [-0.15, -0.1) is 0 Å². The minimum atomic E-state index is -2.15. The first kappa shape index (κ1) is 57.5. The van der Waals surface area contributed by atoms with Crippen LogP contribution >= 0.6 is 0 Å². The quantitative estimate of drug-likeness (QED) is 0.152. The number of nitrogens with one attached hydrogen (secondary N) is 1. The number of ether oxygens (including phenoxy) is 4. The zero-order valence-electron chi connectivity index (χ0n) is 46.8. The summed E-state index contributed by atoms with van der Waals surface area (Å²) in [6.07, 6.45) is 7.69. The molecular weight excluding hydrogens is 1040 g/mol. The number of benzene rings is 1.